The van der Waals surface area contributed by atoms with Gasteiger partial charge in [-0.3, -0.25) is 4.57 Å². The van der Waals surface area contributed by atoms with E-state index in [0.29, 0.717) is 11.6 Å². The zero-order valence-corrected chi connectivity index (χ0v) is 14.8. The van der Waals surface area contributed by atoms with Gasteiger partial charge >= 0.3 is 0 Å². The standard InChI is InChI=1S/C20H17N5O/c1-12-7-4-5-8-15(12)25-14(3)13(2)17-19(25)21-11-24-20(17)22-18(23-24)16-9-6-10-26-16/h4-11H,1-3H3. The van der Waals surface area contributed by atoms with Crippen LogP contribution in [0.2, 0.25) is 0 Å². The molecule has 26 heavy (non-hydrogen) atoms. The van der Waals surface area contributed by atoms with Crippen LogP contribution in [0.4, 0.5) is 0 Å². The summed E-state index contributed by atoms with van der Waals surface area (Å²) in [6.45, 7) is 6.33. The van der Waals surface area contributed by atoms with E-state index in [1.807, 2.05) is 24.3 Å². The van der Waals surface area contributed by atoms with Crippen LogP contribution < -0.4 is 0 Å². The summed E-state index contributed by atoms with van der Waals surface area (Å²) in [7, 11) is 0. The SMILES string of the molecule is Cc1ccccc1-n1c(C)c(C)c2c1ncn1nc(-c3ccco3)nc21. The molecule has 0 bridgehead atoms. The lowest BCUT2D eigenvalue weighted by molar-refractivity contribution is 0.577. The van der Waals surface area contributed by atoms with Crippen LogP contribution in [0.3, 0.4) is 0 Å². The molecule has 0 unspecified atom stereocenters. The highest BCUT2D eigenvalue weighted by molar-refractivity contribution is 5.95. The molecule has 6 nitrogen and oxygen atoms in total. The number of fused-ring (bicyclic) bond motifs is 3. The first-order valence-corrected chi connectivity index (χ1v) is 8.48. The van der Waals surface area contributed by atoms with Crippen LogP contribution in [0.15, 0.2) is 53.4 Å². The highest BCUT2D eigenvalue weighted by Crippen LogP contribution is 2.31. The third-order valence-electron chi connectivity index (χ3n) is 4.93. The normalized spacial score (nSPS) is 11.7. The molecule has 0 aliphatic heterocycles. The van der Waals surface area contributed by atoms with Crippen LogP contribution in [0.5, 0.6) is 0 Å². The first kappa shape index (κ1) is 14.9. The zero-order chi connectivity index (χ0) is 17.8. The largest absolute Gasteiger partial charge is 0.461 e. The molecule has 0 saturated heterocycles. The van der Waals surface area contributed by atoms with Gasteiger partial charge < -0.3 is 4.42 Å². The lowest BCUT2D eigenvalue weighted by Gasteiger charge is -2.10. The minimum absolute atomic E-state index is 0.560. The van der Waals surface area contributed by atoms with Gasteiger partial charge in [0.05, 0.1) is 17.3 Å². The van der Waals surface area contributed by atoms with E-state index in [9.17, 15) is 0 Å². The lowest BCUT2D eigenvalue weighted by atomic mass is 10.2. The molecule has 4 aromatic heterocycles. The predicted octanol–water partition coefficient (Wildman–Crippen LogP) is 4.25. The van der Waals surface area contributed by atoms with Gasteiger partial charge in [-0.2, -0.15) is 0 Å². The Morgan fingerprint density at radius 1 is 0.962 bits per heavy atom. The highest BCUT2D eigenvalue weighted by atomic mass is 16.3. The molecule has 0 aliphatic carbocycles. The number of hydrogen-bond donors (Lipinski definition) is 0. The van der Waals surface area contributed by atoms with Crippen molar-refractivity contribution in [3.8, 4) is 17.3 Å². The molecule has 5 aromatic rings. The molecule has 0 atom stereocenters. The Morgan fingerprint density at radius 2 is 1.81 bits per heavy atom. The summed E-state index contributed by atoms with van der Waals surface area (Å²) in [6, 6.07) is 12.0. The maximum Gasteiger partial charge on any atom is 0.217 e. The number of aryl methyl sites for hydroxylation is 2. The number of rotatable bonds is 2. The summed E-state index contributed by atoms with van der Waals surface area (Å²) >= 11 is 0. The average molecular weight is 343 g/mol. The lowest BCUT2D eigenvalue weighted by Crippen LogP contribution is -2.01. The molecule has 1 aromatic carbocycles. The molecule has 0 amide bonds. The van der Waals surface area contributed by atoms with Crippen molar-refractivity contribution < 1.29 is 4.42 Å². The summed E-state index contributed by atoms with van der Waals surface area (Å²) < 4.78 is 9.35. The molecule has 0 N–H and O–H groups in total. The van der Waals surface area contributed by atoms with Crippen LogP contribution in [-0.2, 0) is 0 Å². The smallest absolute Gasteiger partial charge is 0.217 e. The minimum atomic E-state index is 0.560. The van der Waals surface area contributed by atoms with Gasteiger partial charge in [0.1, 0.15) is 6.33 Å². The molecule has 0 radical (unpaired) electrons. The number of nitrogens with zero attached hydrogens (tertiary/aromatic N) is 5. The number of hydrogen-bond acceptors (Lipinski definition) is 4. The van der Waals surface area contributed by atoms with Gasteiger partial charge in [-0.05, 0) is 50.1 Å². The van der Waals surface area contributed by atoms with E-state index < -0.39 is 0 Å². The van der Waals surface area contributed by atoms with Gasteiger partial charge in [0.25, 0.3) is 0 Å². The predicted molar refractivity (Wildman–Crippen MR) is 99.5 cm³/mol. The Hall–Kier alpha value is -3.41. The monoisotopic (exact) mass is 343 g/mol. The molecule has 0 spiro atoms. The van der Waals surface area contributed by atoms with E-state index in [4.69, 9.17) is 14.4 Å². The summed E-state index contributed by atoms with van der Waals surface area (Å²) in [6.07, 6.45) is 3.34. The average Bonchev–Trinajstić information content (AvgIpc) is 3.35. The summed E-state index contributed by atoms with van der Waals surface area (Å²) in [5.74, 6) is 1.21. The zero-order valence-electron chi connectivity index (χ0n) is 14.8. The highest BCUT2D eigenvalue weighted by Gasteiger charge is 2.20. The fourth-order valence-electron chi connectivity index (χ4n) is 3.48. The maximum absolute atomic E-state index is 5.44. The Morgan fingerprint density at radius 3 is 2.58 bits per heavy atom. The molecule has 6 heteroatoms. The molecule has 5 rings (SSSR count). The topological polar surface area (TPSA) is 61.2 Å². The summed E-state index contributed by atoms with van der Waals surface area (Å²) in [5, 5.41) is 5.53. The van der Waals surface area contributed by atoms with Crippen molar-refractivity contribution >= 4 is 16.7 Å². The fourth-order valence-corrected chi connectivity index (χ4v) is 3.48. The Kier molecular flexibility index (Phi) is 3.03. The van der Waals surface area contributed by atoms with Gasteiger partial charge in [-0.25, -0.2) is 14.5 Å². The van der Waals surface area contributed by atoms with Crippen molar-refractivity contribution in [3.63, 3.8) is 0 Å². The van der Waals surface area contributed by atoms with Crippen LogP contribution in [0.25, 0.3) is 34.0 Å². The second kappa shape index (κ2) is 5.29. The minimum Gasteiger partial charge on any atom is -0.461 e. The van der Waals surface area contributed by atoms with Crippen molar-refractivity contribution in [2.24, 2.45) is 0 Å². The number of para-hydroxylation sites is 1. The Bertz CT molecular complexity index is 1260. The molecular weight excluding hydrogens is 326 g/mol. The Labute approximate surface area is 149 Å². The second-order valence-electron chi connectivity index (χ2n) is 6.46. The molecular formula is C20H17N5O. The van der Waals surface area contributed by atoms with Crippen LogP contribution >= 0.6 is 0 Å². The van der Waals surface area contributed by atoms with Crippen LogP contribution in [-0.4, -0.2) is 24.1 Å². The van der Waals surface area contributed by atoms with E-state index in [1.54, 1.807) is 17.1 Å². The second-order valence-corrected chi connectivity index (χ2v) is 6.46. The molecule has 4 heterocycles. The molecule has 128 valence electrons. The van der Waals surface area contributed by atoms with Crippen molar-refractivity contribution in [3.05, 3.63) is 65.8 Å². The van der Waals surface area contributed by atoms with Gasteiger partial charge in [-0.1, -0.05) is 18.2 Å². The summed E-state index contributed by atoms with van der Waals surface area (Å²) in [4.78, 5) is 9.42. The van der Waals surface area contributed by atoms with E-state index >= 15 is 0 Å². The number of benzene rings is 1. The van der Waals surface area contributed by atoms with E-state index in [-0.39, 0.29) is 0 Å². The van der Waals surface area contributed by atoms with Crippen molar-refractivity contribution in [2.75, 3.05) is 0 Å². The van der Waals surface area contributed by atoms with E-state index in [2.05, 4.69) is 42.6 Å². The van der Waals surface area contributed by atoms with E-state index in [1.165, 1.54) is 5.56 Å². The third-order valence-corrected chi connectivity index (χ3v) is 4.93. The fraction of sp³-hybridized carbons (Fsp3) is 0.150. The van der Waals surface area contributed by atoms with Crippen LogP contribution in [0, 0.1) is 20.8 Å². The maximum atomic E-state index is 5.44. The Balaban J connectivity index is 1.86. The van der Waals surface area contributed by atoms with E-state index in [0.717, 1.165) is 33.6 Å². The number of aromatic nitrogens is 5. The third kappa shape index (κ3) is 1.95. The van der Waals surface area contributed by atoms with Gasteiger partial charge in [0.15, 0.2) is 17.1 Å². The summed E-state index contributed by atoms with van der Waals surface area (Å²) in [5.41, 5.74) is 6.31. The first-order valence-electron chi connectivity index (χ1n) is 8.48. The quantitative estimate of drug-likeness (QED) is 0.481. The van der Waals surface area contributed by atoms with Gasteiger partial charge in [0.2, 0.25) is 5.82 Å². The van der Waals surface area contributed by atoms with Gasteiger partial charge in [0, 0.05) is 5.69 Å². The molecule has 0 fully saturated rings. The molecule has 0 aliphatic rings. The number of furan rings is 1. The van der Waals surface area contributed by atoms with Crippen molar-refractivity contribution in [1.82, 2.24) is 24.1 Å². The first-order chi connectivity index (χ1) is 12.6. The molecule has 0 saturated carbocycles. The van der Waals surface area contributed by atoms with Gasteiger partial charge in [-0.15, -0.1) is 5.10 Å². The van der Waals surface area contributed by atoms with Crippen LogP contribution in [0.1, 0.15) is 16.8 Å². The van der Waals surface area contributed by atoms with Crippen molar-refractivity contribution in [1.29, 1.82) is 0 Å². The van der Waals surface area contributed by atoms with Crippen molar-refractivity contribution in [2.45, 2.75) is 20.8 Å².